The summed E-state index contributed by atoms with van der Waals surface area (Å²) < 4.78 is 0. The predicted molar refractivity (Wildman–Crippen MR) is 62.5 cm³/mol. The van der Waals surface area contributed by atoms with Crippen molar-refractivity contribution in [2.24, 2.45) is 0 Å². The SMILES string of the molecule is Clc1ccc(Cl)c(-c2ccncn2)c1Cl. The minimum Gasteiger partial charge on any atom is -0.245 e. The molecule has 1 aromatic heterocycles. The van der Waals surface area contributed by atoms with Gasteiger partial charge in [0.1, 0.15) is 6.33 Å². The summed E-state index contributed by atoms with van der Waals surface area (Å²) in [4.78, 5) is 7.90. The van der Waals surface area contributed by atoms with Gasteiger partial charge in [-0.2, -0.15) is 0 Å². The number of hydrogen-bond donors (Lipinski definition) is 0. The molecule has 1 heterocycles. The molecule has 0 aliphatic rings. The van der Waals surface area contributed by atoms with E-state index in [1.807, 2.05) is 0 Å². The van der Waals surface area contributed by atoms with Gasteiger partial charge in [-0.1, -0.05) is 34.8 Å². The zero-order valence-electron chi connectivity index (χ0n) is 7.42. The summed E-state index contributed by atoms with van der Waals surface area (Å²) in [6, 6.07) is 5.06. The van der Waals surface area contributed by atoms with E-state index in [0.29, 0.717) is 26.3 Å². The van der Waals surface area contributed by atoms with E-state index in [-0.39, 0.29) is 0 Å². The highest BCUT2D eigenvalue weighted by Crippen LogP contribution is 2.37. The molecule has 2 nitrogen and oxygen atoms in total. The van der Waals surface area contributed by atoms with Crippen LogP contribution in [0.2, 0.25) is 15.1 Å². The molecule has 0 unspecified atom stereocenters. The van der Waals surface area contributed by atoms with Crippen molar-refractivity contribution in [2.45, 2.75) is 0 Å². The van der Waals surface area contributed by atoms with Crippen LogP contribution >= 0.6 is 34.8 Å². The predicted octanol–water partition coefficient (Wildman–Crippen LogP) is 4.10. The second-order valence-electron chi connectivity index (χ2n) is 2.81. The summed E-state index contributed by atoms with van der Waals surface area (Å²) in [6.45, 7) is 0. The summed E-state index contributed by atoms with van der Waals surface area (Å²) in [7, 11) is 0. The van der Waals surface area contributed by atoms with Crippen LogP contribution in [-0.4, -0.2) is 9.97 Å². The lowest BCUT2D eigenvalue weighted by molar-refractivity contribution is 1.17. The fraction of sp³-hybridized carbons (Fsp3) is 0. The van der Waals surface area contributed by atoms with Crippen LogP contribution in [0.25, 0.3) is 11.3 Å². The molecule has 0 fully saturated rings. The first-order valence-corrected chi connectivity index (χ1v) is 5.23. The maximum Gasteiger partial charge on any atom is 0.116 e. The van der Waals surface area contributed by atoms with Crippen molar-refractivity contribution >= 4 is 34.8 Å². The average Bonchev–Trinajstić information content (AvgIpc) is 2.26. The van der Waals surface area contributed by atoms with Crippen LogP contribution < -0.4 is 0 Å². The van der Waals surface area contributed by atoms with Crippen LogP contribution in [0.15, 0.2) is 30.7 Å². The van der Waals surface area contributed by atoms with E-state index in [1.54, 1.807) is 24.4 Å². The van der Waals surface area contributed by atoms with Gasteiger partial charge in [0.05, 0.1) is 20.8 Å². The minimum atomic E-state index is 0.405. The third-order valence-corrected chi connectivity index (χ3v) is 3.00. The second-order valence-corrected chi connectivity index (χ2v) is 4.01. The smallest absolute Gasteiger partial charge is 0.116 e. The molecule has 0 bridgehead atoms. The fourth-order valence-electron chi connectivity index (χ4n) is 1.20. The molecule has 0 saturated heterocycles. The zero-order valence-corrected chi connectivity index (χ0v) is 9.68. The molecule has 2 aromatic rings. The van der Waals surface area contributed by atoms with Crippen molar-refractivity contribution in [3.8, 4) is 11.3 Å². The Hall–Kier alpha value is -0.830. The van der Waals surface area contributed by atoms with Gasteiger partial charge in [-0.15, -0.1) is 0 Å². The quantitative estimate of drug-likeness (QED) is 0.721. The Morgan fingerprint density at radius 3 is 2.33 bits per heavy atom. The van der Waals surface area contributed by atoms with Crippen molar-refractivity contribution in [2.75, 3.05) is 0 Å². The Balaban J connectivity index is 2.68. The highest BCUT2D eigenvalue weighted by atomic mass is 35.5. The number of hydrogen-bond acceptors (Lipinski definition) is 2. The van der Waals surface area contributed by atoms with Crippen molar-refractivity contribution in [1.82, 2.24) is 9.97 Å². The van der Waals surface area contributed by atoms with Gasteiger partial charge in [0, 0.05) is 11.8 Å². The van der Waals surface area contributed by atoms with E-state index in [2.05, 4.69) is 9.97 Å². The molecule has 0 aliphatic heterocycles. The third kappa shape index (κ3) is 2.07. The number of halogens is 3. The molecular weight excluding hydrogens is 254 g/mol. The summed E-state index contributed by atoms with van der Waals surface area (Å²) in [5, 5.41) is 1.38. The minimum absolute atomic E-state index is 0.405. The van der Waals surface area contributed by atoms with E-state index in [1.165, 1.54) is 6.33 Å². The van der Waals surface area contributed by atoms with Gasteiger partial charge >= 0.3 is 0 Å². The molecule has 15 heavy (non-hydrogen) atoms. The average molecular weight is 260 g/mol. The maximum atomic E-state index is 6.06. The largest absolute Gasteiger partial charge is 0.245 e. The molecule has 1 aromatic carbocycles. The number of benzene rings is 1. The monoisotopic (exact) mass is 258 g/mol. The lowest BCUT2D eigenvalue weighted by atomic mass is 10.1. The highest BCUT2D eigenvalue weighted by Gasteiger charge is 2.12. The topological polar surface area (TPSA) is 25.8 Å². The van der Waals surface area contributed by atoms with Crippen LogP contribution in [0.1, 0.15) is 0 Å². The van der Waals surface area contributed by atoms with E-state index in [0.717, 1.165) is 0 Å². The van der Waals surface area contributed by atoms with Gasteiger partial charge in [0.2, 0.25) is 0 Å². The summed E-state index contributed by atoms with van der Waals surface area (Å²) in [5.41, 5.74) is 1.29. The Kier molecular flexibility index (Phi) is 3.10. The van der Waals surface area contributed by atoms with Crippen LogP contribution in [0.5, 0.6) is 0 Å². The number of nitrogens with zero attached hydrogens (tertiary/aromatic N) is 2. The van der Waals surface area contributed by atoms with Gasteiger partial charge < -0.3 is 0 Å². The Morgan fingerprint density at radius 1 is 0.933 bits per heavy atom. The molecule has 0 aliphatic carbocycles. The molecule has 0 amide bonds. The van der Waals surface area contributed by atoms with Crippen molar-refractivity contribution in [3.05, 3.63) is 45.8 Å². The van der Waals surface area contributed by atoms with Crippen molar-refractivity contribution < 1.29 is 0 Å². The van der Waals surface area contributed by atoms with E-state index < -0.39 is 0 Å². The lowest BCUT2D eigenvalue weighted by Gasteiger charge is -2.06. The zero-order chi connectivity index (χ0) is 10.8. The molecule has 0 radical (unpaired) electrons. The first-order valence-electron chi connectivity index (χ1n) is 4.10. The van der Waals surface area contributed by atoms with Gasteiger partial charge in [-0.3, -0.25) is 0 Å². The number of aromatic nitrogens is 2. The normalized spacial score (nSPS) is 10.3. The van der Waals surface area contributed by atoms with E-state index >= 15 is 0 Å². The summed E-state index contributed by atoms with van der Waals surface area (Å²) in [6.07, 6.45) is 3.05. The van der Waals surface area contributed by atoms with Crippen molar-refractivity contribution in [3.63, 3.8) is 0 Å². The first kappa shape index (κ1) is 10.7. The van der Waals surface area contributed by atoms with Crippen LogP contribution in [-0.2, 0) is 0 Å². The standard InChI is InChI=1S/C10H5Cl3N2/c11-6-1-2-7(12)10(13)9(6)8-3-4-14-5-15-8/h1-5H. The van der Waals surface area contributed by atoms with Gasteiger partial charge in [0.15, 0.2) is 0 Å². The van der Waals surface area contributed by atoms with Gasteiger partial charge in [-0.05, 0) is 18.2 Å². The van der Waals surface area contributed by atoms with E-state index in [4.69, 9.17) is 34.8 Å². The van der Waals surface area contributed by atoms with E-state index in [9.17, 15) is 0 Å². The van der Waals surface area contributed by atoms with Gasteiger partial charge in [0.25, 0.3) is 0 Å². The molecule has 5 heteroatoms. The molecule has 0 spiro atoms. The fourth-order valence-corrected chi connectivity index (χ4v) is 1.92. The van der Waals surface area contributed by atoms with Crippen LogP contribution in [0.4, 0.5) is 0 Å². The molecule has 0 atom stereocenters. The number of rotatable bonds is 1. The van der Waals surface area contributed by atoms with Crippen LogP contribution in [0, 0.1) is 0 Å². The molecule has 0 N–H and O–H groups in total. The summed E-state index contributed by atoms with van der Waals surface area (Å²) in [5.74, 6) is 0. The van der Waals surface area contributed by atoms with Crippen LogP contribution in [0.3, 0.4) is 0 Å². The molecular formula is C10H5Cl3N2. The maximum absolute atomic E-state index is 6.06. The summed E-state index contributed by atoms with van der Waals surface area (Å²) >= 11 is 18.0. The van der Waals surface area contributed by atoms with Crippen molar-refractivity contribution in [1.29, 1.82) is 0 Å². The highest BCUT2D eigenvalue weighted by molar-refractivity contribution is 6.46. The Bertz CT molecular complexity index is 486. The third-order valence-electron chi connectivity index (χ3n) is 1.88. The Labute approximate surface area is 102 Å². The lowest BCUT2D eigenvalue weighted by Crippen LogP contribution is -1.87. The van der Waals surface area contributed by atoms with Gasteiger partial charge in [-0.25, -0.2) is 9.97 Å². The molecule has 76 valence electrons. The Morgan fingerprint density at radius 2 is 1.67 bits per heavy atom. The second kappa shape index (κ2) is 4.35. The first-order chi connectivity index (χ1) is 7.20. The molecule has 0 saturated carbocycles. The molecule has 2 rings (SSSR count).